The second-order valence-electron chi connectivity index (χ2n) is 6.24. The number of hydrogen-bond donors (Lipinski definition) is 0. The third-order valence-corrected chi connectivity index (χ3v) is 4.83. The molecule has 0 N–H and O–H groups in total. The highest BCUT2D eigenvalue weighted by Crippen LogP contribution is 2.58. The van der Waals surface area contributed by atoms with Crippen LogP contribution in [-0.4, -0.2) is 27.2 Å². The van der Waals surface area contributed by atoms with Crippen molar-refractivity contribution >= 4 is 11.6 Å². The molecule has 4 rings (SSSR count). The van der Waals surface area contributed by atoms with Crippen LogP contribution in [0.4, 0.5) is 0 Å². The molecule has 0 amide bonds. The van der Waals surface area contributed by atoms with Gasteiger partial charge in [0.2, 0.25) is 0 Å². The quantitative estimate of drug-likeness (QED) is 0.805. The fourth-order valence-corrected chi connectivity index (χ4v) is 3.59. The van der Waals surface area contributed by atoms with Gasteiger partial charge in [-0.25, -0.2) is 4.79 Å². The Kier molecular flexibility index (Phi) is 2.55. The molecule has 0 atom stereocenters. The van der Waals surface area contributed by atoms with Gasteiger partial charge in [-0.2, -0.15) is 0 Å². The Morgan fingerprint density at radius 2 is 2.25 bits per heavy atom. The highest BCUT2D eigenvalue weighted by Gasteiger charge is 2.48. The molecule has 2 heterocycles. The number of hydrogen-bond acceptors (Lipinski definition) is 4. The van der Waals surface area contributed by atoms with Crippen LogP contribution in [0.3, 0.4) is 0 Å². The molecule has 2 fully saturated rings. The third kappa shape index (κ3) is 1.88. The van der Waals surface area contributed by atoms with Gasteiger partial charge >= 0.3 is 5.97 Å². The van der Waals surface area contributed by atoms with Gasteiger partial charge < -0.3 is 4.74 Å². The Morgan fingerprint density at radius 1 is 1.40 bits per heavy atom. The molecule has 2 aliphatic carbocycles. The van der Waals surface area contributed by atoms with Crippen LogP contribution in [0.5, 0.6) is 0 Å². The van der Waals surface area contributed by atoms with Gasteiger partial charge in [-0.05, 0) is 49.1 Å². The van der Waals surface area contributed by atoms with Gasteiger partial charge in [0, 0.05) is 6.20 Å². The molecule has 5 heteroatoms. The van der Waals surface area contributed by atoms with Crippen molar-refractivity contribution in [2.24, 2.45) is 11.3 Å². The number of carbonyl (C=O) groups excluding carboxylic acids is 1. The average molecular weight is 271 g/mol. The van der Waals surface area contributed by atoms with E-state index in [0.717, 1.165) is 5.65 Å². The van der Waals surface area contributed by atoms with E-state index >= 15 is 0 Å². The smallest absolute Gasteiger partial charge is 0.339 e. The van der Waals surface area contributed by atoms with Crippen molar-refractivity contribution in [3.05, 3.63) is 30.2 Å². The summed E-state index contributed by atoms with van der Waals surface area (Å²) in [6, 6.07) is 3.51. The lowest BCUT2D eigenvalue weighted by Gasteiger charge is -2.54. The number of pyridine rings is 1. The van der Waals surface area contributed by atoms with Gasteiger partial charge in [-0.15, -0.1) is 10.2 Å². The lowest BCUT2D eigenvalue weighted by Crippen LogP contribution is -2.44. The van der Waals surface area contributed by atoms with Crippen molar-refractivity contribution in [1.29, 1.82) is 0 Å². The summed E-state index contributed by atoms with van der Waals surface area (Å²) in [5.74, 6) is 0.313. The van der Waals surface area contributed by atoms with E-state index in [1.165, 1.54) is 32.1 Å². The maximum atomic E-state index is 12.0. The second kappa shape index (κ2) is 4.30. The third-order valence-electron chi connectivity index (χ3n) is 4.83. The molecular formula is C15H17N3O2. The summed E-state index contributed by atoms with van der Waals surface area (Å²) < 4.78 is 7.15. The van der Waals surface area contributed by atoms with E-state index in [2.05, 4.69) is 10.2 Å². The predicted molar refractivity (Wildman–Crippen MR) is 72.3 cm³/mol. The van der Waals surface area contributed by atoms with Gasteiger partial charge in [0.15, 0.2) is 5.65 Å². The van der Waals surface area contributed by atoms with Crippen LogP contribution in [0.25, 0.3) is 5.65 Å². The molecule has 5 nitrogen and oxygen atoms in total. The van der Waals surface area contributed by atoms with E-state index in [0.29, 0.717) is 23.5 Å². The van der Waals surface area contributed by atoms with Crippen molar-refractivity contribution in [2.45, 2.75) is 32.1 Å². The van der Waals surface area contributed by atoms with E-state index in [-0.39, 0.29) is 5.97 Å². The topological polar surface area (TPSA) is 56.5 Å². The Hall–Kier alpha value is -1.91. The number of aromatic nitrogens is 3. The lowest BCUT2D eigenvalue weighted by molar-refractivity contribution is -0.0524. The number of ether oxygens (including phenoxy) is 1. The van der Waals surface area contributed by atoms with E-state index < -0.39 is 0 Å². The number of rotatable bonds is 3. The number of fused-ring (bicyclic) bond motifs is 1. The first-order chi connectivity index (χ1) is 9.74. The molecule has 0 saturated heterocycles. The van der Waals surface area contributed by atoms with Crippen LogP contribution in [0.2, 0.25) is 0 Å². The molecule has 0 radical (unpaired) electrons. The molecule has 0 aromatic carbocycles. The zero-order valence-corrected chi connectivity index (χ0v) is 11.3. The molecule has 2 aromatic heterocycles. The summed E-state index contributed by atoms with van der Waals surface area (Å²) in [6.07, 6.45) is 9.91. The Bertz CT molecular complexity index is 652. The highest BCUT2D eigenvalue weighted by atomic mass is 16.5. The van der Waals surface area contributed by atoms with Gasteiger partial charge in [0.05, 0.1) is 12.2 Å². The minimum atomic E-state index is -0.254. The molecule has 0 unspecified atom stereocenters. The molecular weight excluding hydrogens is 254 g/mol. The predicted octanol–water partition coefficient (Wildman–Crippen LogP) is 2.47. The molecule has 0 bridgehead atoms. The molecule has 104 valence electrons. The molecule has 2 saturated carbocycles. The number of esters is 1. The fourth-order valence-electron chi connectivity index (χ4n) is 3.59. The molecule has 2 aliphatic rings. The standard InChI is InChI=1S/C15H17N3O2/c19-14(12-2-3-13-17-16-10-18(13)8-12)20-9-11-6-15(7-11)4-1-5-15/h2-3,8,10-11H,1,4-7,9H2. The normalized spacial score (nSPS) is 20.6. The minimum absolute atomic E-state index is 0.254. The minimum Gasteiger partial charge on any atom is -0.462 e. The average Bonchev–Trinajstić information content (AvgIpc) is 2.81. The first-order valence-corrected chi connectivity index (χ1v) is 7.21. The molecule has 2 aromatic rings. The molecule has 20 heavy (non-hydrogen) atoms. The summed E-state index contributed by atoms with van der Waals surface area (Å²) in [7, 11) is 0. The van der Waals surface area contributed by atoms with Crippen LogP contribution in [-0.2, 0) is 4.74 Å². The summed E-state index contributed by atoms with van der Waals surface area (Å²) in [5, 5.41) is 7.70. The summed E-state index contributed by atoms with van der Waals surface area (Å²) in [5.41, 5.74) is 1.92. The molecule has 1 spiro atoms. The van der Waals surface area contributed by atoms with Crippen molar-refractivity contribution in [2.75, 3.05) is 6.61 Å². The maximum absolute atomic E-state index is 12.0. The van der Waals surface area contributed by atoms with Crippen molar-refractivity contribution in [1.82, 2.24) is 14.6 Å². The Balaban J connectivity index is 1.35. The van der Waals surface area contributed by atoms with Crippen LogP contribution in [0, 0.1) is 11.3 Å². The van der Waals surface area contributed by atoms with Crippen LogP contribution < -0.4 is 0 Å². The first-order valence-electron chi connectivity index (χ1n) is 7.21. The van der Waals surface area contributed by atoms with Crippen molar-refractivity contribution in [3.63, 3.8) is 0 Å². The second-order valence-corrected chi connectivity index (χ2v) is 6.24. The van der Waals surface area contributed by atoms with Gasteiger partial charge in [-0.3, -0.25) is 4.40 Å². The maximum Gasteiger partial charge on any atom is 0.339 e. The van der Waals surface area contributed by atoms with Crippen LogP contribution in [0.1, 0.15) is 42.5 Å². The number of carbonyl (C=O) groups is 1. The zero-order chi connectivity index (χ0) is 13.6. The van der Waals surface area contributed by atoms with Gasteiger partial charge in [0.1, 0.15) is 6.33 Å². The summed E-state index contributed by atoms with van der Waals surface area (Å²) in [6.45, 7) is 0.556. The fraction of sp³-hybridized carbons (Fsp3) is 0.533. The highest BCUT2D eigenvalue weighted by molar-refractivity contribution is 5.89. The number of nitrogens with zero attached hydrogens (tertiary/aromatic N) is 3. The SMILES string of the molecule is O=C(OCC1CC2(CCC2)C1)c1ccc2nncn2c1. The zero-order valence-electron chi connectivity index (χ0n) is 11.3. The van der Waals surface area contributed by atoms with E-state index in [1.807, 2.05) is 0 Å². The Morgan fingerprint density at radius 3 is 3.00 bits per heavy atom. The summed E-state index contributed by atoms with van der Waals surface area (Å²) >= 11 is 0. The Labute approximate surface area is 117 Å². The molecule has 0 aliphatic heterocycles. The van der Waals surface area contributed by atoms with Crippen LogP contribution in [0.15, 0.2) is 24.7 Å². The summed E-state index contributed by atoms with van der Waals surface area (Å²) in [4.78, 5) is 12.0. The van der Waals surface area contributed by atoms with Crippen molar-refractivity contribution < 1.29 is 9.53 Å². The van der Waals surface area contributed by atoms with Gasteiger partial charge in [-0.1, -0.05) is 6.42 Å². The largest absolute Gasteiger partial charge is 0.462 e. The van der Waals surface area contributed by atoms with Crippen molar-refractivity contribution in [3.8, 4) is 0 Å². The van der Waals surface area contributed by atoms with E-state index in [9.17, 15) is 4.79 Å². The van der Waals surface area contributed by atoms with Crippen LogP contribution >= 0.6 is 0 Å². The first kappa shape index (κ1) is 11.9. The van der Waals surface area contributed by atoms with E-state index in [4.69, 9.17) is 4.74 Å². The van der Waals surface area contributed by atoms with Gasteiger partial charge in [0.25, 0.3) is 0 Å². The van der Waals surface area contributed by atoms with E-state index in [1.54, 1.807) is 29.1 Å². The lowest BCUT2D eigenvalue weighted by atomic mass is 9.52. The monoisotopic (exact) mass is 271 g/mol.